The lowest BCUT2D eigenvalue weighted by Crippen LogP contribution is -2.55. The van der Waals surface area contributed by atoms with Crippen LogP contribution >= 0.6 is 11.8 Å². The number of sulfonamides is 1. The summed E-state index contributed by atoms with van der Waals surface area (Å²) in [5.41, 5.74) is 0.187. The van der Waals surface area contributed by atoms with Crippen LogP contribution in [-0.4, -0.2) is 77.5 Å². The lowest BCUT2D eigenvalue weighted by Gasteiger charge is -2.37. The molecule has 11 heteroatoms. The first-order valence-electron chi connectivity index (χ1n) is 10.6. The predicted octanol–water partition coefficient (Wildman–Crippen LogP) is 3.03. The molecule has 33 heavy (non-hydrogen) atoms. The number of aliphatic imine (C=N–C) groups is 1. The van der Waals surface area contributed by atoms with Crippen LogP contribution in [0.15, 0.2) is 34.2 Å². The molecule has 0 bridgehead atoms. The van der Waals surface area contributed by atoms with Crippen molar-refractivity contribution in [1.82, 2.24) is 9.21 Å². The predicted molar refractivity (Wildman–Crippen MR) is 127 cm³/mol. The van der Waals surface area contributed by atoms with E-state index in [9.17, 15) is 18.0 Å². The van der Waals surface area contributed by atoms with Crippen LogP contribution in [0.1, 0.15) is 40.2 Å². The largest absolute Gasteiger partial charge is 0.467 e. The van der Waals surface area contributed by atoms with Crippen molar-refractivity contribution in [2.45, 2.75) is 69.0 Å². The van der Waals surface area contributed by atoms with E-state index in [-0.39, 0.29) is 17.3 Å². The quantitative estimate of drug-likeness (QED) is 0.589. The van der Waals surface area contributed by atoms with Gasteiger partial charge in [-0.2, -0.15) is 0 Å². The molecule has 0 unspecified atom stereocenters. The topological polar surface area (TPSA) is 106 Å². The molecule has 0 radical (unpaired) electrons. The summed E-state index contributed by atoms with van der Waals surface area (Å²) in [6, 6.07) is 4.74. The number of methoxy groups -OCH3 is 1. The monoisotopic (exact) mass is 497 g/mol. The van der Waals surface area contributed by atoms with Crippen LogP contribution in [0.2, 0.25) is 0 Å². The minimum atomic E-state index is -4.03. The van der Waals surface area contributed by atoms with Crippen molar-refractivity contribution in [3.8, 4) is 0 Å². The van der Waals surface area contributed by atoms with E-state index in [2.05, 4.69) is 4.99 Å². The molecule has 1 saturated heterocycles. The highest BCUT2D eigenvalue weighted by molar-refractivity contribution is 8.00. The summed E-state index contributed by atoms with van der Waals surface area (Å²) in [5, 5.41) is 0. The second-order valence-corrected chi connectivity index (χ2v) is 13.0. The Morgan fingerprint density at radius 1 is 1.18 bits per heavy atom. The van der Waals surface area contributed by atoms with Crippen LogP contribution < -0.4 is 0 Å². The van der Waals surface area contributed by atoms with Crippen molar-refractivity contribution < 1.29 is 27.5 Å². The van der Waals surface area contributed by atoms with E-state index in [1.54, 1.807) is 32.9 Å². The lowest BCUT2D eigenvalue weighted by atomic mass is 10.2. The molecule has 1 amide bonds. The fraction of sp³-hybridized carbons (Fsp3) is 0.591. The molecular weight excluding hydrogens is 466 g/mol. The van der Waals surface area contributed by atoms with Gasteiger partial charge in [-0.05, 0) is 53.7 Å². The number of thioether (sulfide) groups is 1. The standard InChI is InChI=1S/C22H31N3O6S2/c1-14-8-10-15(11-9-14)33(28,29)24-12-16(19(26)30-7)23-18(24)17-13-32-22(5,6)25(17)20(27)31-21(2,3)4/h8-11,16-17H,12-13H2,1-7H3/t16-,17-/m0/s1. The Hall–Kier alpha value is -2.27. The zero-order chi connectivity index (χ0) is 24.8. The fourth-order valence-corrected chi connectivity index (χ4v) is 6.43. The molecule has 3 rings (SSSR count). The highest BCUT2D eigenvalue weighted by atomic mass is 32.2. The molecule has 1 aromatic rings. The highest BCUT2D eigenvalue weighted by Crippen LogP contribution is 2.42. The summed E-state index contributed by atoms with van der Waals surface area (Å²) in [4.78, 5) is 30.8. The second-order valence-electron chi connectivity index (χ2n) is 9.50. The van der Waals surface area contributed by atoms with Gasteiger partial charge in [0, 0.05) is 5.75 Å². The molecule has 9 nitrogen and oxygen atoms in total. The number of amides is 1. The molecule has 2 aliphatic rings. The molecule has 0 saturated carbocycles. The Kier molecular flexibility index (Phi) is 6.78. The highest BCUT2D eigenvalue weighted by Gasteiger charge is 2.52. The van der Waals surface area contributed by atoms with Crippen LogP contribution in [-0.2, 0) is 24.3 Å². The van der Waals surface area contributed by atoms with Gasteiger partial charge in [0.1, 0.15) is 17.5 Å². The van der Waals surface area contributed by atoms with Crippen LogP contribution in [0.3, 0.4) is 0 Å². The second kappa shape index (κ2) is 8.83. The van der Waals surface area contributed by atoms with Gasteiger partial charge in [0.15, 0.2) is 6.04 Å². The van der Waals surface area contributed by atoms with Gasteiger partial charge in [-0.25, -0.2) is 22.3 Å². The fourth-order valence-electron chi connectivity index (χ4n) is 3.74. The Labute approximate surface area is 199 Å². The molecule has 2 atom stereocenters. The number of esters is 1. The molecule has 182 valence electrons. The maximum Gasteiger partial charge on any atom is 0.412 e. The van der Waals surface area contributed by atoms with Crippen molar-refractivity contribution in [2.24, 2.45) is 4.99 Å². The third-order valence-corrected chi connectivity index (χ3v) is 8.51. The average molecular weight is 498 g/mol. The van der Waals surface area contributed by atoms with Gasteiger partial charge in [-0.1, -0.05) is 17.7 Å². The normalized spacial score (nSPS) is 22.8. The van der Waals surface area contributed by atoms with E-state index in [0.29, 0.717) is 5.75 Å². The molecule has 1 fully saturated rings. The third-order valence-electron chi connectivity index (χ3n) is 5.34. The number of rotatable bonds is 4. The number of carbonyl (C=O) groups is 2. The van der Waals surface area contributed by atoms with Gasteiger partial charge in [0.05, 0.1) is 23.4 Å². The third kappa shape index (κ3) is 5.13. The Morgan fingerprint density at radius 3 is 2.33 bits per heavy atom. The molecular formula is C22H31N3O6S2. The summed E-state index contributed by atoms with van der Waals surface area (Å²) in [6.07, 6.45) is -0.570. The number of ether oxygens (including phenoxy) is 2. The number of nitrogens with zero attached hydrogens (tertiary/aromatic N) is 3. The first-order valence-corrected chi connectivity index (χ1v) is 13.0. The Bertz CT molecular complexity index is 1060. The zero-order valence-corrected chi connectivity index (χ0v) is 21.6. The van der Waals surface area contributed by atoms with Crippen molar-refractivity contribution >= 4 is 39.7 Å². The lowest BCUT2D eigenvalue weighted by molar-refractivity contribution is -0.141. The zero-order valence-electron chi connectivity index (χ0n) is 20.0. The van der Waals surface area contributed by atoms with Crippen LogP contribution in [0.25, 0.3) is 0 Å². The number of hydrogen-bond acceptors (Lipinski definition) is 8. The van der Waals surface area contributed by atoms with Gasteiger partial charge >= 0.3 is 12.1 Å². The molecule has 0 N–H and O–H groups in total. The number of benzene rings is 1. The van der Waals surface area contributed by atoms with Crippen LogP contribution in [0, 0.1) is 6.92 Å². The maximum absolute atomic E-state index is 13.6. The van der Waals surface area contributed by atoms with E-state index in [0.717, 1.165) is 9.87 Å². The average Bonchev–Trinajstić information content (AvgIpc) is 3.27. The molecule has 0 spiro atoms. The van der Waals surface area contributed by atoms with Crippen molar-refractivity contribution in [1.29, 1.82) is 0 Å². The number of amidine groups is 1. The van der Waals surface area contributed by atoms with Crippen molar-refractivity contribution in [2.75, 3.05) is 19.4 Å². The first kappa shape index (κ1) is 25.4. The van der Waals surface area contributed by atoms with Gasteiger partial charge in [-0.15, -0.1) is 11.8 Å². The molecule has 2 aliphatic heterocycles. The smallest absolute Gasteiger partial charge is 0.412 e. The van der Waals surface area contributed by atoms with Gasteiger partial charge in [0.25, 0.3) is 10.0 Å². The van der Waals surface area contributed by atoms with Gasteiger partial charge < -0.3 is 9.47 Å². The summed E-state index contributed by atoms with van der Waals surface area (Å²) in [5.74, 6) is -0.100. The minimum Gasteiger partial charge on any atom is -0.467 e. The maximum atomic E-state index is 13.6. The van der Waals surface area contributed by atoms with E-state index in [1.807, 2.05) is 20.8 Å². The number of aryl methyl sites for hydroxylation is 1. The van der Waals surface area contributed by atoms with E-state index in [4.69, 9.17) is 9.47 Å². The summed E-state index contributed by atoms with van der Waals surface area (Å²) < 4.78 is 38.8. The van der Waals surface area contributed by atoms with E-state index in [1.165, 1.54) is 35.9 Å². The molecule has 0 aliphatic carbocycles. The van der Waals surface area contributed by atoms with E-state index < -0.39 is 44.6 Å². The Morgan fingerprint density at radius 2 is 1.79 bits per heavy atom. The number of hydrogen-bond donors (Lipinski definition) is 0. The summed E-state index contributed by atoms with van der Waals surface area (Å²) in [6.45, 7) is 10.7. The summed E-state index contributed by atoms with van der Waals surface area (Å²) >= 11 is 1.49. The first-order chi connectivity index (χ1) is 15.2. The van der Waals surface area contributed by atoms with Crippen LogP contribution in [0.5, 0.6) is 0 Å². The van der Waals surface area contributed by atoms with Gasteiger partial charge in [-0.3, -0.25) is 9.89 Å². The van der Waals surface area contributed by atoms with E-state index >= 15 is 0 Å². The number of carbonyl (C=O) groups excluding carboxylic acids is 2. The van der Waals surface area contributed by atoms with Crippen molar-refractivity contribution in [3.63, 3.8) is 0 Å². The molecule has 1 aromatic carbocycles. The van der Waals surface area contributed by atoms with Crippen molar-refractivity contribution in [3.05, 3.63) is 29.8 Å². The molecule has 0 aromatic heterocycles. The summed E-state index contributed by atoms with van der Waals surface area (Å²) in [7, 11) is -2.80. The Balaban J connectivity index is 2.06. The SMILES string of the molecule is COC(=O)[C@@H]1CN(S(=O)(=O)c2ccc(C)cc2)C([C@@H]2CSC(C)(C)N2C(=O)OC(C)(C)C)=N1. The van der Waals surface area contributed by atoms with Crippen LogP contribution in [0.4, 0.5) is 4.79 Å². The minimum absolute atomic E-state index is 0.0834. The van der Waals surface area contributed by atoms with Gasteiger partial charge in [0.2, 0.25) is 0 Å². The molecule has 2 heterocycles.